The van der Waals surface area contributed by atoms with Crippen molar-refractivity contribution in [2.75, 3.05) is 13.1 Å². The zero-order chi connectivity index (χ0) is 11.8. The van der Waals surface area contributed by atoms with Crippen molar-refractivity contribution in [1.82, 2.24) is 4.90 Å². The molecule has 0 saturated carbocycles. The molecule has 0 radical (unpaired) electrons. The van der Waals surface area contributed by atoms with Gasteiger partial charge in [-0.25, -0.2) is 0 Å². The van der Waals surface area contributed by atoms with E-state index in [1.807, 2.05) is 32.6 Å². The fourth-order valence-corrected chi connectivity index (χ4v) is 1.18. The zero-order valence-electron chi connectivity index (χ0n) is 9.99. The number of esters is 1. The molecule has 0 aromatic heterocycles. The Labute approximate surface area is 91.8 Å². The van der Waals surface area contributed by atoms with Crippen molar-refractivity contribution in [2.24, 2.45) is 0 Å². The lowest BCUT2D eigenvalue weighted by atomic mass is 10.3. The maximum Gasteiger partial charge on any atom is 0.320 e. The summed E-state index contributed by atoms with van der Waals surface area (Å²) < 4.78 is 5.05. The Balaban J connectivity index is 4.05. The fourth-order valence-electron chi connectivity index (χ4n) is 1.18. The van der Waals surface area contributed by atoms with Crippen molar-refractivity contribution in [3.8, 4) is 6.07 Å². The number of rotatable bonds is 6. The molecule has 4 heteroatoms. The number of carbonyl (C=O) groups is 1. The summed E-state index contributed by atoms with van der Waals surface area (Å²) in [5.74, 6) is -0.225. The minimum atomic E-state index is -0.225. The third-order valence-electron chi connectivity index (χ3n) is 1.94. The first-order chi connectivity index (χ1) is 6.97. The van der Waals surface area contributed by atoms with Crippen LogP contribution in [0.3, 0.4) is 0 Å². The number of nitrogens with zero attached hydrogens (tertiary/aromatic N) is 2. The molecule has 0 aliphatic heterocycles. The van der Waals surface area contributed by atoms with Crippen LogP contribution in [0.4, 0.5) is 0 Å². The highest BCUT2D eigenvalue weighted by molar-refractivity contribution is 5.71. The van der Waals surface area contributed by atoms with Crippen LogP contribution in [0.5, 0.6) is 0 Å². The molecule has 0 aliphatic carbocycles. The van der Waals surface area contributed by atoms with E-state index in [2.05, 4.69) is 6.07 Å². The summed E-state index contributed by atoms with van der Waals surface area (Å²) in [6, 6.07) is 2.32. The van der Waals surface area contributed by atoms with E-state index in [-0.39, 0.29) is 24.7 Å². The molecule has 0 atom stereocenters. The van der Waals surface area contributed by atoms with Gasteiger partial charge in [-0.2, -0.15) is 5.26 Å². The summed E-state index contributed by atoms with van der Waals surface area (Å²) in [5.41, 5.74) is 0. The predicted molar refractivity (Wildman–Crippen MR) is 58.2 cm³/mol. The summed E-state index contributed by atoms with van der Waals surface area (Å²) >= 11 is 0. The summed E-state index contributed by atoms with van der Waals surface area (Å²) in [7, 11) is 0. The molecule has 0 fully saturated rings. The molecule has 0 bridgehead atoms. The molecule has 0 aliphatic rings. The van der Waals surface area contributed by atoms with Crippen LogP contribution < -0.4 is 0 Å². The second-order valence-electron chi connectivity index (χ2n) is 4.01. The van der Waals surface area contributed by atoms with E-state index < -0.39 is 0 Å². The molecule has 0 unspecified atom stereocenters. The third kappa shape index (κ3) is 6.92. The first-order valence-electron chi connectivity index (χ1n) is 5.27. The Bertz CT molecular complexity index is 231. The summed E-state index contributed by atoms with van der Waals surface area (Å²) in [5, 5.41) is 8.48. The van der Waals surface area contributed by atoms with Crippen LogP contribution in [0.15, 0.2) is 0 Å². The van der Waals surface area contributed by atoms with Gasteiger partial charge in [0.15, 0.2) is 0 Å². The Kier molecular flexibility index (Phi) is 6.72. The van der Waals surface area contributed by atoms with Gasteiger partial charge in [-0.3, -0.25) is 9.69 Å². The standard InChI is InChI=1S/C11H20N2O2/c1-9(2)13(7-5-6-12)8-11(14)15-10(3)4/h9-10H,5,7-8H2,1-4H3. The van der Waals surface area contributed by atoms with Gasteiger partial charge in [-0.05, 0) is 27.7 Å². The van der Waals surface area contributed by atoms with Crippen LogP contribution in [-0.4, -0.2) is 36.1 Å². The van der Waals surface area contributed by atoms with Crippen LogP contribution in [0.25, 0.3) is 0 Å². The van der Waals surface area contributed by atoms with E-state index in [1.165, 1.54) is 0 Å². The minimum absolute atomic E-state index is 0.0810. The molecular weight excluding hydrogens is 192 g/mol. The molecule has 0 rings (SSSR count). The number of ether oxygens (including phenoxy) is 1. The number of carbonyl (C=O) groups excluding carboxylic acids is 1. The topological polar surface area (TPSA) is 53.3 Å². The molecule has 86 valence electrons. The Morgan fingerprint density at radius 1 is 1.40 bits per heavy atom. The van der Waals surface area contributed by atoms with Crippen LogP contribution in [0, 0.1) is 11.3 Å². The van der Waals surface area contributed by atoms with Crippen LogP contribution in [0.2, 0.25) is 0 Å². The van der Waals surface area contributed by atoms with Crippen molar-refractivity contribution < 1.29 is 9.53 Å². The molecule has 0 aromatic rings. The van der Waals surface area contributed by atoms with Crippen molar-refractivity contribution >= 4 is 5.97 Å². The smallest absolute Gasteiger partial charge is 0.320 e. The lowest BCUT2D eigenvalue weighted by Gasteiger charge is -2.24. The Hall–Kier alpha value is -1.08. The van der Waals surface area contributed by atoms with Gasteiger partial charge in [0.25, 0.3) is 0 Å². The normalized spacial score (nSPS) is 10.8. The van der Waals surface area contributed by atoms with Gasteiger partial charge in [0, 0.05) is 19.0 Å². The second kappa shape index (κ2) is 7.24. The van der Waals surface area contributed by atoms with E-state index in [0.717, 1.165) is 0 Å². The van der Waals surface area contributed by atoms with Crippen LogP contribution in [-0.2, 0) is 9.53 Å². The highest BCUT2D eigenvalue weighted by atomic mass is 16.5. The summed E-state index contributed by atoms with van der Waals surface area (Å²) in [6.07, 6.45) is 0.357. The molecule has 0 spiro atoms. The van der Waals surface area contributed by atoms with Crippen LogP contribution in [0.1, 0.15) is 34.1 Å². The van der Waals surface area contributed by atoms with Crippen molar-refractivity contribution in [3.05, 3.63) is 0 Å². The highest BCUT2D eigenvalue weighted by Gasteiger charge is 2.15. The SMILES string of the molecule is CC(C)OC(=O)CN(CCC#N)C(C)C. The molecule has 15 heavy (non-hydrogen) atoms. The third-order valence-corrected chi connectivity index (χ3v) is 1.94. The molecule has 4 nitrogen and oxygen atoms in total. The largest absolute Gasteiger partial charge is 0.462 e. The first kappa shape index (κ1) is 13.9. The summed E-state index contributed by atoms with van der Waals surface area (Å²) in [6.45, 7) is 8.53. The molecule has 0 aromatic carbocycles. The molecule has 0 heterocycles. The first-order valence-corrected chi connectivity index (χ1v) is 5.27. The number of hydrogen-bond acceptors (Lipinski definition) is 4. The quantitative estimate of drug-likeness (QED) is 0.627. The number of hydrogen-bond donors (Lipinski definition) is 0. The van der Waals surface area contributed by atoms with Crippen molar-refractivity contribution in [3.63, 3.8) is 0 Å². The Morgan fingerprint density at radius 2 is 2.00 bits per heavy atom. The lowest BCUT2D eigenvalue weighted by Crippen LogP contribution is -2.37. The van der Waals surface area contributed by atoms with E-state index in [1.54, 1.807) is 0 Å². The van der Waals surface area contributed by atoms with Crippen LogP contribution >= 0.6 is 0 Å². The van der Waals surface area contributed by atoms with Gasteiger partial charge < -0.3 is 4.74 Å². The predicted octanol–water partition coefficient (Wildman–Crippen LogP) is 1.56. The number of nitriles is 1. The highest BCUT2D eigenvalue weighted by Crippen LogP contribution is 2.01. The van der Waals surface area contributed by atoms with Gasteiger partial charge in [0.1, 0.15) is 0 Å². The molecule has 0 amide bonds. The van der Waals surface area contributed by atoms with Crippen molar-refractivity contribution in [2.45, 2.75) is 46.3 Å². The van der Waals surface area contributed by atoms with E-state index >= 15 is 0 Å². The van der Waals surface area contributed by atoms with Gasteiger partial charge in [-0.15, -0.1) is 0 Å². The van der Waals surface area contributed by atoms with E-state index in [0.29, 0.717) is 13.0 Å². The summed E-state index contributed by atoms with van der Waals surface area (Å²) in [4.78, 5) is 13.3. The van der Waals surface area contributed by atoms with Gasteiger partial charge in [0.05, 0.1) is 18.7 Å². The average Bonchev–Trinajstić information content (AvgIpc) is 2.10. The lowest BCUT2D eigenvalue weighted by molar-refractivity contribution is -0.149. The van der Waals surface area contributed by atoms with Gasteiger partial charge in [-0.1, -0.05) is 0 Å². The monoisotopic (exact) mass is 212 g/mol. The van der Waals surface area contributed by atoms with Crippen molar-refractivity contribution in [1.29, 1.82) is 5.26 Å². The van der Waals surface area contributed by atoms with Gasteiger partial charge >= 0.3 is 5.97 Å². The Morgan fingerprint density at radius 3 is 2.40 bits per heavy atom. The maximum absolute atomic E-state index is 11.4. The molecular formula is C11H20N2O2. The minimum Gasteiger partial charge on any atom is -0.462 e. The van der Waals surface area contributed by atoms with E-state index in [9.17, 15) is 4.79 Å². The average molecular weight is 212 g/mol. The van der Waals surface area contributed by atoms with Gasteiger partial charge in [0.2, 0.25) is 0 Å². The van der Waals surface area contributed by atoms with E-state index in [4.69, 9.17) is 10.00 Å². The zero-order valence-corrected chi connectivity index (χ0v) is 9.99. The molecule has 0 saturated heterocycles. The fraction of sp³-hybridized carbons (Fsp3) is 0.818. The second-order valence-corrected chi connectivity index (χ2v) is 4.01. The maximum atomic E-state index is 11.4. The molecule has 0 N–H and O–H groups in total.